The van der Waals surface area contributed by atoms with Gasteiger partial charge in [0.2, 0.25) is 0 Å². The Morgan fingerprint density at radius 2 is 1.44 bits per heavy atom. The molecule has 3 aromatic rings. The van der Waals surface area contributed by atoms with E-state index in [2.05, 4.69) is 0 Å². The van der Waals surface area contributed by atoms with Gasteiger partial charge in [0.15, 0.2) is 0 Å². The molecule has 1 aliphatic heterocycles. The summed E-state index contributed by atoms with van der Waals surface area (Å²) >= 11 is 0. The zero-order valence-electron chi connectivity index (χ0n) is 16.6. The van der Waals surface area contributed by atoms with E-state index < -0.39 is 41.0 Å². The largest absolute Gasteiger partial charge is 0.416 e. The number of rotatable bonds is 2. The number of hydrogen-bond donors (Lipinski definition) is 0. The number of aryl methyl sites for hydroxylation is 1. The molecule has 0 N–H and O–H groups in total. The molecule has 2 heterocycles. The third-order valence-corrected chi connectivity index (χ3v) is 5.47. The van der Waals surface area contributed by atoms with Crippen LogP contribution in [0.5, 0.6) is 0 Å². The van der Waals surface area contributed by atoms with E-state index >= 15 is 0 Å². The third-order valence-electron chi connectivity index (χ3n) is 5.47. The molecule has 0 fully saturated rings. The fourth-order valence-corrected chi connectivity index (χ4v) is 4.03. The lowest BCUT2D eigenvalue weighted by atomic mass is 9.99. The van der Waals surface area contributed by atoms with Crippen LogP contribution in [0.3, 0.4) is 0 Å². The van der Waals surface area contributed by atoms with Gasteiger partial charge < -0.3 is 9.47 Å². The molecule has 1 aliphatic rings. The van der Waals surface area contributed by atoms with Crippen LogP contribution >= 0.6 is 0 Å². The number of hydrogen-bond acceptors (Lipinski definition) is 1. The molecular weight excluding hydrogens is 434 g/mol. The van der Waals surface area contributed by atoms with Crippen LogP contribution < -0.4 is 0 Å². The molecule has 0 bridgehead atoms. The molecule has 0 aliphatic carbocycles. The monoisotopic (exact) mass is 452 g/mol. The Bertz CT molecular complexity index is 1090. The maximum Gasteiger partial charge on any atom is 0.416 e. The van der Waals surface area contributed by atoms with Crippen molar-refractivity contribution in [1.82, 2.24) is 9.47 Å². The first-order valence-corrected chi connectivity index (χ1v) is 9.86. The van der Waals surface area contributed by atoms with Crippen molar-refractivity contribution in [2.24, 2.45) is 0 Å². The van der Waals surface area contributed by atoms with Crippen LogP contribution in [0.2, 0.25) is 0 Å². The second kappa shape index (κ2) is 8.03. The number of aromatic nitrogens is 1. The molecule has 0 radical (unpaired) electrons. The highest BCUT2D eigenvalue weighted by atomic mass is 19.4. The van der Waals surface area contributed by atoms with Crippen molar-refractivity contribution < 1.29 is 31.1 Å². The Kier molecular flexibility index (Phi) is 5.52. The number of alkyl halides is 6. The van der Waals surface area contributed by atoms with Gasteiger partial charge in [0.25, 0.3) is 5.91 Å². The Morgan fingerprint density at radius 3 is 2.03 bits per heavy atom. The maximum atomic E-state index is 13.4. The first-order valence-electron chi connectivity index (χ1n) is 9.86. The van der Waals surface area contributed by atoms with Crippen LogP contribution in [0.1, 0.15) is 45.2 Å². The van der Waals surface area contributed by atoms with Crippen molar-refractivity contribution in [3.63, 3.8) is 0 Å². The van der Waals surface area contributed by atoms with Gasteiger partial charge in [-0.2, -0.15) is 26.3 Å². The third kappa shape index (κ3) is 4.24. The average Bonchev–Trinajstić information content (AvgIpc) is 3.12. The van der Waals surface area contributed by atoms with Gasteiger partial charge >= 0.3 is 12.4 Å². The SMILES string of the molecule is O=C(c1cc(C(F)(F)F)cc(C(F)(F)F)c1)N1CCCn2cccc2C1c1ccccc1. The number of amides is 1. The molecule has 32 heavy (non-hydrogen) atoms. The number of fused-ring (bicyclic) bond motifs is 1. The fourth-order valence-electron chi connectivity index (χ4n) is 4.03. The highest BCUT2D eigenvalue weighted by molar-refractivity contribution is 5.95. The van der Waals surface area contributed by atoms with Gasteiger partial charge in [0.05, 0.1) is 17.2 Å². The van der Waals surface area contributed by atoms with Gasteiger partial charge in [0, 0.05) is 30.5 Å². The van der Waals surface area contributed by atoms with Gasteiger partial charge in [-0.3, -0.25) is 4.79 Å². The lowest BCUT2D eigenvalue weighted by molar-refractivity contribution is -0.143. The molecule has 1 atom stereocenters. The molecule has 1 amide bonds. The first kappa shape index (κ1) is 22.0. The topological polar surface area (TPSA) is 25.2 Å². The minimum Gasteiger partial charge on any atom is -0.349 e. The summed E-state index contributed by atoms with van der Waals surface area (Å²) < 4.78 is 81.8. The summed E-state index contributed by atoms with van der Waals surface area (Å²) in [6, 6.07) is 12.8. The number of carbonyl (C=O) groups excluding carboxylic acids is 1. The van der Waals surface area contributed by atoms with Gasteiger partial charge in [-0.05, 0) is 42.3 Å². The van der Waals surface area contributed by atoms with E-state index in [0.29, 0.717) is 30.7 Å². The molecular formula is C23H18F6N2O. The molecule has 0 saturated carbocycles. The standard InChI is InChI=1S/C23H18F6N2O/c24-22(25,26)17-12-16(13-18(14-17)23(27,28)29)21(32)31-11-5-10-30-9-4-8-19(30)20(31)15-6-2-1-3-7-15/h1-4,6-9,12-14,20H,5,10-11H2. The summed E-state index contributed by atoms with van der Waals surface area (Å²) in [5, 5.41) is 0. The predicted octanol–water partition coefficient (Wildman–Crippen LogP) is 6.16. The van der Waals surface area contributed by atoms with Crippen molar-refractivity contribution >= 4 is 5.91 Å². The van der Waals surface area contributed by atoms with Crippen LogP contribution in [-0.2, 0) is 18.9 Å². The first-order chi connectivity index (χ1) is 15.1. The number of carbonyl (C=O) groups is 1. The summed E-state index contributed by atoms with van der Waals surface area (Å²) in [6.45, 7) is 0.753. The highest BCUT2D eigenvalue weighted by Crippen LogP contribution is 2.38. The van der Waals surface area contributed by atoms with E-state index in [-0.39, 0.29) is 12.6 Å². The minimum absolute atomic E-state index is 0.0268. The van der Waals surface area contributed by atoms with E-state index in [9.17, 15) is 31.1 Å². The van der Waals surface area contributed by atoms with E-state index in [1.165, 1.54) is 4.90 Å². The molecule has 168 valence electrons. The second-order valence-corrected chi connectivity index (χ2v) is 7.59. The number of benzene rings is 2. The summed E-state index contributed by atoms with van der Waals surface area (Å²) in [7, 11) is 0. The second-order valence-electron chi connectivity index (χ2n) is 7.59. The molecule has 4 rings (SSSR count). The fraction of sp³-hybridized carbons (Fsp3) is 0.261. The van der Waals surface area contributed by atoms with Gasteiger partial charge in [0.1, 0.15) is 0 Å². The Balaban J connectivity index is 1.84. The van der Waals surface area contributed by atoms with Gasteiger partial charge in [-0.15, -0.1) is 0 Å². The zero-order chi connectivity index (χ0) is 23.1. The van der Waals surface area contributed by atoms with Crippen LogP contribution in [0, 0.1) is 0 Å². The highest BCUT2D eigenvalue weighted by Gasteiger charge is 2.39. The molecule has 2 aromatic carbocycles. The van der Waals surface area contributed by atoms with Gasteiger partial charge in [-0.1, -0.05) is 30.3 Å². The smallest absolute Gasteiger partial charge is 0.349 e. The van der Waals surface area contributed by atoms with Crippen molar-refractivity contribution in [1.29, 1.82) is 0 Å². The molecule has 9 heteroatoms. The Hall–Kier alpha value is -3.23. The lowest BCUT2D eigenvalue weighted by Gasteiger charge is -2.31. The molecule has 3 nitrogen and oxygen atoms in total. The molecule has 0 saturated heterocycles. The van der Waals surface area contributed by atoms with E-state index in [1.54, 1.807) is 42.5 Å². The summed E-state index contributed by atoms with van der Waals surface area (Å²) in [6.07, 6.45) is -7.71. The lowest BCUT2D eigenvalue weighted by Crippen LogP contribution is -2.36. The maximum absolute atomic E-state index is 13.4. The minimum atomic E-state index is -5.03. The molecule has 1 aromatic heterocycles. The van der Waals surface area contributed by atoms with Crippen molar-refractivity contribution in [3.05, 3.63) is 94.8 Å². The van der Waals surface area contributed by atoms with Crippen molar-refractivity contribution in [3.8, 4) is 0 Å². The summed E-state index contributed by atoms with van der Waals surface area (Å²) in [4.78, 5) is 14.8. The molecule has 0 spiro atoms. The Morgan fingerprint density at radius 1 is 0.812 bits per heavy atom. The van der Waals surface area contributed by atoms with E-state index in [4.69, 9.17) is 0 Å². The Labute approximate surface area is 179 Å². The summed E-state index contributed by atoms with van der Waals surface area (Å²) in [5.74, 6) is -0.884. The van der Waals surface area contributed by atoms with Crippen LogP contribution in [0.25, 0.3) is 0 Å². The number of halogens is 6. The van der Waals surface area contributed by atoms with Gasteiger partial charge in [-0.25, -0.2) is 0 Å². The normalized spacial score (nSPS) is 17.1. The van der Waals surface area contributed by atoms with Crippen molar-refractivity contribution in [2.45, 2.75) is 31.4 Å². The van der Waals surface area contributed by atoms with Crippen molar-refractivity contribution in [2.75, 3.05) is 6.54 Å². The van der Waals surface area contributed by atoms with Crippen LogP contribution in [0.15, 0.2) is 66.9 Å². The quantitative estimate of drug-likeness (QED) is 0.428. The zero-order valence-corrected chi connectivity index (χ0v) is 16.6. The van der Waals surface area contributed by atoms with E-state index in [0.717, 1.165) is 5.69 Å². The summed E-state index contributed by atoms with van der Waals surface area (Å²) in [5.41, 5.74) is -2.21. The number of nitrogens with zero attached hydrogens (tertiary/aromatic N) is 2. The average molecular weight is 452 g/mol. The van der Waals surface area contributed by atoms with Crippen LogP contribution in [-0.4, -0.2) is 21.9 Å². The molecule has 1 unspecified atom stereocenters. The predicted molar refractivity (Wildman–Crippen MR) is 105 cm³/mol. The van der Waals surface area contributed by atoms with E-state index in [1.807, 2.05) is 10.8 Å². The van der Waals surface area contributed by atoms with Crippen LogP contribution in [0.4, 0.5) is 26.3 Å².